The standard InChI is InChI=1S/C6H10O/c1-2-3-4-5-6-7/h4-6H,2-3H2,1H3/b5-4+/i6+1. The fourth-order valence-corrected chi connectivity index (χ4v) is 0.318. The third-order valence-corrected chi connectivity index (χ3v) is 0.670. The molecule has 0 saturated carbocycles. The van der Waals surface area contributed by atoms with Crippen LogP contribution in [0.1, 0.15) is 19.8 Å². The maximum absolute atomic E-state index is 9.59. The third kappa shape index (κ3) is 5.41. The minimum Gasteiger partial charge on any atom is -0.299 e. The zero-order valence-electron chi connectivity index (χ0n) is 4.55. The van der Waals surface area contributed by atoms with Crippen LogP contribution in [0.15, 0.2) is 12.2 Å². The van der Waals surface area contributed by atoms with Crippen molar-refractivity contribution in [2.24, 2.45) is 0 Å². The molecule has 40 valence electrons. The molecule has 0 bridgehead atoms. The van der Waals surface area contributed by atoms with Gasteiger partial charge in [0.2, 0.25) is 0 Å². The summed E-state index contributed by atoms with van der Waals surface area (Å²) in [6.45, 7) is 2.08. The molecule has 0 spiro atoms. The highest BCUT2D eigenvalue weighted by Gasteiger charge is 1.67. The largest absolute Gasteiger partial charge is 0.299 e. The van der Waals surface area contributed by atoms with E-state index in [1.165, 1.54) is 6.08 Å². The summed E-state index contributed by atoms with van der Waals surface area (Å²) in [5.74, 6) is 0. The fourth-order valence-electron chi connectivity index (χ4n) is 0.318. The van der Waals surface area contributed by atoms with Crippen LogP contribution in [0.5, 0.6) is 0 Å². The number of carbonyl (C=O) groups is 1. The van der Waals surface area contributed by atoms with E-state index in [2.05, 4.69) is 6.92 Å². The molecule has 0 saturated heterocycles. The second kappa shape index (κ2) is 5.41. The zero-order valence-corrected chi connectivity index (χ0v) is 4.55. The maximum atomic E-state index is 9.59. The lowest BCUT2D eigenvalue weighted by Crippen LogP contribution is -1.61. The van der Waals surface area contributed by atoms with Gasteiger partial charge in [0.25, 0.3) is 0 Å². The van der Waals surface area contributed by atoms with Crippen molar-refractivity contribution in [2.45, 2.75) is 19.8 Å². The molecule has 0 amide bonds. The minimum atomic E-state index is 0.801. The molecule has 0 aliphatic rings. The molecule has 0 N–H and O–H groups in total. The topological polar surface area (TPSA) is 17.1 Å². The predicted octanol–water partition coefficient (Wildman–Crippen LogP) is 1.54. The Morgan fingerprint density at radius 2 is 2.29 bits per heavy atom. The van der Waals surface area contributed by atoms with Gasteiger partial charge in [0, 0.05) is 0 Å². The van der Waals surface area contributed by atoms with E-state index in [0.717, 1.165) is 19.1 Å². The van der Waals surface area contributed by atoms with Crippen molar-refractivity contribution in [2.75, 3.05) is 0 Å². The fraction of sp³-hybridized carbons (Fsp3) is 0.500. The summed E-state index contributed by atoms with van der Waals surface area (Å²) < 4.78 is 0. The van der Waals surface area contributed by atoms with Gasteiger partial charge in [-0.1, -0.05) is 19.4 Å². The molecule has 0 fully saturated rings. The number of carbonyl (C=O) groups excluding carboxylic acids is 1. The normalized spacial score (nSPS) is 9.86. The quantitative estimate of drug-likeness (QED) is 0.298. The molecule has 0 aromatic heterocycles. The van der Waals surface area contributed by atoms with Gasteiger partial charge in [-0.25, -0.2) is 0 Å². The van der Waals surface area contributed by atoms with E-state index in [1.807, 2.05) is 6.08 Å². The number of hydrogen-bond donors (Lipinski definition) is 0. The molecule has 0 aromatic rings. The van der Waals surface area contributed by atoms with Gasteiger partial charge in [-0.05, 0) is 12.5 Å². The molecular formula is C6H10O. The Labute approximate surface area is 44.0 Å². The molecule has 0 unspecified atom stereocenters. The second-order valence-electron chi connectivity index (χ2n) is 1.35. The Balaban J connectivity index is 2.92. The monoisotopic (exact) mass is 99.1 g/mol. The minimum absolute atomic E-state index is 0.801. The summed E-state index contributed by atoms with van der Waals surface area (Å²) in [5, 5.41) is 0. The van der Waals surface area contributed by atoms with Gasteiger partial charge < -0.3 is 0 Å². The van der Waals surface area contributed by atoms with E-state index in [4.69, 9.17) is 0 Å². The first-order valence-corrected chi connectivity index (χ1v) is 2.52. The highest BCUT2D eigenvalue weighted by molar-refractivity contribution is 5.64. The predicted molar refractivity (Wildman–Crippen MR) is 30.1 cm³/mol. The lowest BCUT2D eigenvalue weighted by atomic mass is 10.3. The van der Waals surface area contributed by atoms with Crippen molar-refractivity contribution in [3.8, 4) is 0 Å². The van der Waals surface area contributed by atoms with Crippen LogP contribution in [0.2, 0.25) is 0 Å². The van der Waals surface area contributed by atoms with Crippen molar-refractivity contribution in [1.82, 2.24) is 0 Å². The van der Waals surface area contributed by atoms with Crippen molar-refractivity contribution < 1.29 is 4.79 Å². The Hall–Kier alpha value is -0.590. The van der Waals surface area contributed by atoms with Crippen LogP contribution in [0.4, 0.5) is 0 Å². The SMILES string of the molecule is CCC/C=C/[13CH]=O. The Bertz CT molecular complexity index is 64.6. The van der Waals surface area contributed by atoms with Gasteiger partial charge in [0.05, 0.1) is 0 Å². The van der Waals surface area contributed by atoms with Crippen LogP contribution >= 0.6 is 0 Å². The zero-order chi connectivity index (χ0) is 5.54. The van der Waals surface area contributed by atoms with Crippen molar-refractivity contribution >= 4 is 6.29 Å². The van der Waals surface area contributed by atoms with Gasteiger partial charge in [0.15, 0.2) is 0 Å². The average Bonchev–Trinajstić information content (AvgIpc) is 1.69. The summed E-state index contributed by atoms with van der Waals surface area (Å²) >= 11 is 0. The second-order valence-corrected chi connectivity index (χ2v) is 1.35. The molecule has 7 heavy (non-hydrogen) atoms. The molecule has 0 aliphatic heterocycles. The van der Waals surface area contributed by atoms with Gasteiger partial charge in [-0.3, -0.25) is 4.79 Å². The number of hydrogen-bond acceptors (Lipinski definition) is 1. The van der Waals surface area contributed by atoms with Gasteiger partial charge >= 0.3 is 0 Å². The van der Waals surface area contributed by atoms with Crippen LogP contribution in [0.3, 0.4) is 0 Å². The molecule has 0 rings (SSSR count). The first kappa shape index (κ1) is 6.41. The van der Waals surface area contributed by atoms with E-state index in [1.54, 1.807) is 0 Å². The highest BCUT2D eigenvalue weighted by Crippen LogP contribution is 1.85. The highest BCUT2D eigenvalue weighted by atomic mass is 16.2. The third-order valence-electron chi connectivity index (χ3n) is 0.670. The van der Waals surface area contributed by atoms with Gasteiger partial charge in [0.1, 0.15) is 6.29 Å². The lowest BCUT2D eigenvalue weighted by Gasteiger charge is -1.76. The van der Waals surface area contributed by atoms with E-state index in [0.29, 0.717) is 0 Å². The maximum Gasteiger partial charge on any atom is 0.142 e. The summed E-state index contributed by atoms with van der Waals surface area (Å²) in [6, 6.07) is 0. The average molecular weight is 99.1 g/mol. The molecule has 0 atom stereocenters. The molecule has 1 nitrogen and oxygen atoms in total. The van der Waals surface area contributed by atoms with Gasteiger partial charge in [-0.15, -0.1) is 0 Å². The smallest absolute Gasteiger partial charge is 0.142 e. The van der Waals surface area contributed by atoms with E-state index in [9.17, 15) is 4.79 Å². The summed E-state index contributed by atoms with van der Waals surface area (Å²) in [4.78, 5) is 9.59. The van der Waals surface area contributed by atoms with E-state index < -0.39 is 0 Å². The van der Waals surface area contributed by atoms with Crippen LogP contribution in [-0.2, 0) is 4.79 Å². The van der Waals surface area contributed by atoms with Crippen molar-refractivity contribution in [3.63, 3.8) is 0 Å². The molecule has 1 heteroatoms. The Morgan fingerprint density at radius 1 is 1.57 bits per heavy atom. The molecule has 0 radical (unpaired) electrons. The van der Waals surface area contributed by atoms with E-state index >= 15 is 0 Å². The summed E-state index contributed by atoms with van der Waals surface area (Å²) in [7, 11) is 0. The van der Waals surface area contributed by atoms with Crippen LogP contribution in [0, 0.1) is 0 Å². The Kier molecular flexibility index (Phi) is 4.95. The van der Waals surface area contributed by atoms with Gasteiger partial charge in [-0.2, -0.15) is 0 Å². The summed E-state index contributed by atoms with van der Waals surface area (Å²) in [5.41, 5.74) is 0. The number of unbranched alkanes of at least 4 members (excludes halogenated alkanes) is 1. The molecular weight excluding hydrogens is 89.1 g/mol. The first-order chi connectivity index (χ1) is 3.41. The molecule has 0 aliphatic carbocycles. The molecule has 0 aromatic carbocycles. The van der Waals surface area contributed by atoms with Crippen molar-refractivity contribution in [3.05, 3.63) is 12.2 Å². The number of rotatable bonds is 3. The first-order valence-electron chi connectivity index (χ1n) is 2.52. The van der Waals surface area contributed by atoms with Crippen LogP contribution in [-0.4, -0.2) is 6.29 Å². The van der Waals surface area contributed by atoms with E-state index in [-0.39, 0.29) is 0 Å². The summed E-state index contributed by atoms with van der Waals surface area (Å²) in [6.07, 6.45) is 6.33. The Morgan fingerprint density at radius 3 is 2.71 bits per heavy atom. The number of allylic oxidation sites excluding steroid dienone is 2. The number of aldehydes is 1. The molecule has 0 heterocycles. The van der Waals surface area contributed by atoms with Crippen LogP contribution < -0.4 is 0 Å². The lowest BCUT2D eigenvalue weighted by molar-refractivity contribution is -0.104. The van der Waals surface area contributed by atoms with Crippen molar-refractivity contribution in [1.29, 1.82) is 0 Å². The van der Waals surface area contributed by atoms with Crippen LogP contribution in [0.25, 0.3) is 0 Å².